The molecule has 0 N–H and O–H groups in total. The van der Waals surface area contributed by atoms with Crippen molar-refractivity contribution >= 4 is 28.3 Å². The molecular formula is C33H44N4. The van der Waals surface area contributed by atoms with Crippen molar-refractivity contribution in [3.05, 3.63) is 90.5 Å². The van der Waals surface area contributed by atoms with E-state index in [-0.39, 0.29) is 0 Å². The Morgan fingerprint density at radius 3 is 2.35 bits per heavy atom. The van der Waals surface area contributed by atoms with Crippen LogP contribution >= 0.6 is 0 Å². The zero-order valence-corrected chi connectivity index (χ0v) is 23.3. The number of benzene rings is 2. The summed E-state index contributed by atoms with van der Waals surface area (Å²) in [4.78, 5) is 9.42. The molecule has 2 aliphatic heterocycles. The van der Waals surface area contributed by atoms with Crippen molar-refractivity contribution in [3.8, 4) is 0 Å². The van der Waals surface area contributed by atoms with Gasteiger partial charge in [0.15, 0.2) is 0 Å². The molecule has 0 radical (unpaired) electrons. The second kappa shape index (κ2) is 12.3. The highest BCUT2D eigenvalue weighted by atomic mass is 15.2. The molecule has 0 unspecified atom stereocenters. The molecule has 0 saturated carbocycles. The number of rotatable bonds is 9. The van der Waals surface area contributed by atoms with Gasteiger partial charge in [-0.2, -0.15) is 0 Å². The Kier molecular flexibility index (Phi) is 8.94. The fourth-order valence-corrected chi connectivity index (χ4v) is 5.31. The Hall–Kier alpha value is -3.24. The largest absolute Gasteiger partial charge is 0.374 e. The minimum Gasteiger partial charge on any atom is -0.374 e. The van der Waals surface area contributed by atoms with Crippen molar-refractivity contribution in [2.45, 2.75) is 32.6 Å². The van der Waals surface area contributed by atoms with Crippen LogP contribution in [0.5, 0.6) is 0 Å². The van der Waals surface area contributed by atoms with Crippen LogP contribution in [0.3, 0.4) is 0 Å². The number of likely N-dealkylation sites (N-methyl/N-ethyl adjacent to an activating group) is 1. The van der Waals surface area contributed by atoms with E-state index in [0.717, 1.165) is 56.1 Å². The quantitative estimate of drug-likeness (QED) is 0.347. The summed E-state index contributed by atoms with van der Waals surface area (Å²) in [5.74, 6) is 0. The minimum absolute atomic E-state index is 0.954. The summed E-state index contributed by atoms with van der Waals surface area (Å²) in [5.41, 5.74) is 9.83. The Morgan fingerprint density at radius 1 is 1.00 bits per heavy atom. The fraction of sp³-hybridized carbons (Fsp3) is 0.394. The van der Waals surface area contributed by atoms with Gasteiger partial charge in [-0.3, -0.25) is 0 Å². The van der Waals surface area contributed by atoms with E-state index >= 15 is 0 Å². The van der Waals surface area contributed by atoms with E-state index in [4.69, 9.17) is 0 Å². The summed E-state index contributed by atoms with van der Waals surface area (Å²) < 4.78 is 0. The first-order chi connectivity index (χ1) is 17.9. The van der Waals surface area contributed by atoms with E-state index in [1.165, 1.54) is 47.3 Å². The second-order valence-corrected chi connectivity index (χ2v) is 10.4. The summed E-state index contributed by atoms with van der Waals surface area (Å²) >= 11 is 0. The highest BCUT2D eigenvalue weighted by Crippen LogP contribution is 2.36. The maximum Gasteiger partial charge on any atom is 0.0461 e. The molecule has 196 valence electrons. The fourth-order valence-electron chi connectivity index (χ4n) is 5.31. The molecule has 0 bridgehead atoms. The van der Waals surface area contributed by atoms with E-state index in [0.29, 0.717) is 0 Å². The molecule has 37 heavy (non-hydrogen) atoms. The van der Waals surface area contributed by atoms with Crippen molar-refractivity contribution in [1.29, 1.82) is 0 Å². The topological polar surface area (TPSA) is 13.0 Å². The van der Waals surface area contributed by atoms with Crippen LogP contribution in [-0.2, 0) is 0 Å². The Morgan fingerprint density at radius 2 is 1.73 bits per heavy atom. The highest BCUT2D eigenvalue weighted by Gasteiger charge is 2.20. The molecule has 0 atom stereocenters. The van der Waals surface area contributed by atoms with Gasteiger partial charge in [0.1, 0.15) is 0 Å². The smallest absolute Gasteiger partial charge is 0.0461 e. The first-order valence-corrected chi connectivity index (χ1v) is 13.8. The van der Waals surface area contributed by atoms with Crippen molar-refractivity contribution in [2.24, 2.45) is 0 Å². The summed E-state index contributed by atoms with van der Waals surface area (Å²) in [5, 5.41) is 0. The van der Waals surface area contributed by atoms with Gasteiger partial charge in [0, 0.05) is 75.2 Å². The lowest BCUT2D eigenvalue weighted by Crippen LogP contribution is -2.29. The third-order valence-electron chi connectivity index (χ3n) is 7.91. The summed E-state index contributed by atoms with van der Waals surface area (Å²) in [6.45, 7) is 16.0. The molecule has 1 fully saturated rings. The van der Waals surface area contributed by atoms with Gasteiger partial charge in [0.2, 0.25) is 0 Å². The standard InChI is InChI=1S/C33H44N4/c1-7-12-33(37-21-10-9-11-22-37)31-25-30(17-18-32(31)35(5)8-2)36(6)26(3)27-13-15-28(16-14-27)29-19-23-34(4)24-20-29/h7,12-19,25H,1,3,8-11,20-24H2,2,4-6H3/b33-12+. The van der Waals surface area contributed by atoms with Crippen molar-refractivity contribution in [3.63, 3.8) is 0 Å². The molecule has 4 rings (SSSR count). The maximum absolute atomic E-state index is 4.48. The molecule has 2 aromatic carbocycles. The highest BCUT2D eigenvalue weighted by molar-refractivity contribution is 5.84. The second-order valence-electron chi connectivity index (χ2n) is 10.4. The third kappa shape index (κ3) is 6.19. The molecule has 0 amide bonds. The van der Waals surface area contributed by atoms with Gasteiger partial charge in [-0.1, -0.05) is 49.6 Å². The molecule has 2 aliphatic rings. The third-order valence-corrected chi connectivity index (χ3v) is 7.91. The minimum atomic E-state index is 0.954. The first-order valence-electron chi connectivity index (χ1n) is 13.8. The summed E-state index contributed by atoms with van der Waals surface area (Å²) in [6.07, 6.45) is 11.4. The average molecular weight is 497 g/mol. The Balaban J connectivity index is 1.62. The van der Waals surface area contributed by atoms with Crippen LogP contribution in [0.25, 0.3) is 17.0 Å². The van der Waals surface area contributed by atoms with E-state index < -0.39 is 0 Å². The molecule has 0 spiro atoms. The van der Waals surface area contributed by atoms with Gasteiger partial charge in [0.05, 0.1) is 0 Å². The number of anilines is 2. The van der Waals surface area contributed by atoms with Gasteiger partial charge < -0.3 is 19.6 Å². The number of piperidine rings is 1. The van der Waals surface area contributed by atoms with Gasteiger partial charge >= 0.3 is 0 Å². The first kappa shape index (κ1) is 26.8. The van der Waals surface area contributed by atoms with Crippen LogP contribution in [0.1, 0.15) is 49.3 Å². The molecule has 0 aromatic heterocycles. The number of nitrogens with zero attached hydrogens (tertiary/aromatic N) is 4. The monoisotopic (exact) mass is 496 g/mol. The SMILES string of the molecule is C=C/C=C(\c1cc(N(C)C(=C)c2ccc(C3=CCN(C)CC3)cc2)ccc1N(C)CC)N1CCCCC1. The van der Waals surface area contributed by atoms with Crippen molar-refractivity contribution < 1.29 is 0 Å². The lowest BCUT2D eigenvalue weighted by molar-refractivity contribution is 0.326. The molecule has 0 aliphatic carbocycles. The zero-order chi connectivity index (χ0) is 26.4. The van der Waals surface area contributed by atoms with Gasteiger partial charge in [-0.05, 0) is 80.6 Å². The molecular weight excluding hydrogens is 452 g/mol. The van der Waals surface area contributed by atoms with Crippen LogP contribution in [-0.4, -0.2) is 63.7 Å². The predicted molar refractivity (Wildman–Crippen MR) is 163 cm³/mol. The van der Waals surface area contributed by atoms with Gasteiger partial charge in [0.25, 0.3) is 0 Å². The number of allylic oxidation sites excluding steroid dienone is 2. The predicted octanol–water partition coefficient (Wildman–Crippen LogP) is 6.98. The van der Waals surface area contributed by atoms with Crippen LogP contribution < -0.4 is 9.80 Å². The average Bonchev–Trinajstić information content (AvgIpc) is 2.95. The lowest BCUT2D eigenvalue weighted by atomic mass is 9.98. The van der Waals surface area contributed by atoms with Crippen LogP contribution in [0.4, 0.5) is 11.4 Å². The van der Waals surface area contributed by atoms with Crippen LogP contribution in [0, 0.1) is 0 Å². The van der Waals surface area contributed by atoms with Crippen molar-refractivity contribution in [1.82, 2.24) is 9.80 Å². The molecule has 4 heteroatoms. The zero-order valence-electron chi connectivity index (χ0n) is 23.3. The Labute approximate surface area is 224 Å². The number of likely N-dealkylation sites (tertiary alicyclic amines) is 1. The van der Waals surface area contributed by atoms with Crippen LogP contribution in [0.15, 0.2) is 73.9 Å². The number of hydrogen-bond acceptors (Lipinski definition) is 4. The molecule has 4 nitrogen and oxygen atoms in total. The number of hydrogen-bond donors (Lipinski definition) is 0. The normalized spacial score (nSPS) is 16.8. The van der Waals surface area contributed by atoms with E-state index in [9.17, 15) is 0 Å². The lowest BCUT2D eigenvalue weighted by Gasteiger charge is -2.34. The van der Waals surface area contributed by atoms with E-state index in [2.05, 4.69) is 115 Å². The molecule has 2 aromatic rings. The van der Waals surface area contributed by atoms with Gasteiger partial charge in [-0.25, -0.2) is 0 Å². The van der Waals surface area contributed by atoms with E-state index in [1.807, 2.05) is 6.08 Å². The van der Waals surface area contributed by atoms with Crippen molar-refractivity contribution in [2.75, 3.05) is 63.7 Å². The van der Waals surface area contributed by atoms with Gasteiger partial charge in [-0.15, -0.1) is 0 Å². The molecule has 1 saturated heterocycles. The maximum atomic E-state index is 4.48. The van der Waals surface area contributed by atoms with E-state index in [1.54, 1.807) is 0 Å². The molecule has 2 heterocycles. The van der Waals surface area contributed by atoms with Crippen LogP contribution in [0.2, 0.25) is 0 Å². The summed E-state index contributed by atoms with van der Waals surface area (Å²) in [7, 11) is 6.47. The Bertz CT molecular complexity index is 1150. The summed E-state index contributed by atoms with van der Waals surface area (Å²) in [6, 6.07) is 15.7.